The van der Waals surface area contributed by atoms with Crippen LogP contribution in [0.15, 0.2) is 0 Å². The van der Waals surface area contributed by atoms with E-state index in [1.165, 1.54) is 38.5 Å². The van der Waals surface area contributed by atoms with Crippen LogP contribution in [0.3, 0.4) is 0 Å². The van der Waals surface area contributed by atoms with Crippen LogP contribution in [0.2, 0.25) is 0 Å². The Kier molecular flexibility index (Phi) is 2.13. The van der Waals surface area contributed by atoms with E-state index in [1.807, 2.05) is 0 Å². The molecule has 0 atom stereocenters. The van der Waals surface area contributed by atoms with Gasteiger partial charge in [0.15, 0.2) is 0 Å². The predicted octanol–water partition coefficient (Wildman–Crippen LogP) is 2.73. The van der Waals surface area contributed by atoms with Crippen LogP contribution in [-0.4, -0.2) is 12.5 Å². The van der Waals surface area contributed by atoms with Gasteiger partial charge < -0.3 is 5.32 Å². The molecule has 0 radical (unpaired) electrons. The summed E-state index contributed by atoms with van der Waals surface area (Å²) < 4.78 is 0. The number of nitrogens with one attached hydrogen (secondary N) is 1. The molecular formula is C15H23NO. The van der Waals surface area contributed by atoms with Gasteiger partial charge in [-0.05, 0) is 74.5 Å². The van der Waals surface area contributed by atoms with Gasteiger partial charge in [-0.3, -0.25) is 4.79 Å². The van der Waals surface area contributed by atoms with Crippen molar-refractivity contribution in [1.29, 1.82) is 0 Å². The van der Waals surface area contributed by atoms with Crippen molar-refractivity contribution < 1.29 is 4.79 Å². The summed E-state index contributed by atoms with van der Waals surface area (Å²) in [5, 5.41) is 3.26. The van der Waals surface area contributed by atoms with Gasteiger partial charge in [0.25, 0.3) is 0 Å². The van der Waals surface area contributed by atoms with Crippen molar-refractivity contribution in [2.24, 2.45) is 29.1 Å². The average molecular weight is 233 g/mol. The van der Waals surface area contributed by atoms with Gasteiger partial charge in [0, 0.05) is 12.5 Å². The molecule has 2 nitrogen and oxygen atoms in total. The second-order valence-electron chi connectivity index (χ2n) is 7.41. The Labute approximate surface area is 104 Å². The van der Waals surface area contributed by atoms with Crippen LogP contribution in [0.1, 0.15) is 51.4 Å². The van der Waals surface area contributed by atoms with E-state index in [0.29, 0.717) is 17.2 Å². The van der Waals surface area contributed by atoms with Gasteiger partial charge in [-0.15, -0.1) is 0 Å². The number of carbonyl (C=O) groups is 1. The minimum atomic E-state index is 0.348. The van der Waals surface area contributed by atoms with Crippen LogP contribution in [0.5, 0.6) is 0 Å². The van der Waals surface area contributed by atoms with Gasteiger partial charge in [-0.1, -0.05) is 0 Å². The molecule has 0 spiro atoms. The Morgan fingerprint density at radius 1 is 1.00 bits per heavy atom. The quantitative estimate of drug-likeness (QED) is 0.798. The highest BCUT2D eigenvalue weighted by molar-refractivity contribution is 5.80. The summed E-state index contributed by atoms with van der Waals surface area (Å²) in [5.74, 6) is 3.72. The van der Waals surface area contributed by atoms with Crippen molar-refractivity contribution in [3.05, 3.63) is 0 Å². The van der Waals surface area contributed by atoms with E-state index in [-0.39, 0.29) is 0 Å². The average Bonchev–Trinajstić information content (AvgIpc) is 3.07. The van der Waals surface area contributed by atoms with Crippen LogP contribution in [0, 0.1) is 29.1 Å². The minimum Gasteiger partial charge on any atom is -0.355 e. The first-order valence-electron chi connectivity index (χ1n) is 7.50. The Hall–Kier alpha value is -0.530. The van der Waals surface area contributed by atoms with Gasteiger partial charge in [0.1, 0.15) is 0 Å². The standard InChI is InChI=1S/C15H23NO/c17-14(13-1-2-13)16-9-15-6-10-3-11(7-15)5-12(4-10)8-15/h10-13H,1-9H2,(H,16,17). The fourth-order valence-corrected chi connectivity index (χ4v) is 5.27. The monoisotopic (exact) mass is 233 g/mol. The Bertz CT molecular complexity index is 310. The molecule has 5 aliphatic carbocycles. The van der Waals surface area contributed by atoms with E-state index in [4.69, 9.17) is 0 Å². The van der Waals surface area contributed by atoms with Crippen LogP contribution in [0.25, 0.3) is 0 Å². The van der Waals surface area contributed by atoms with Gasteiger partial charge in [0.2, 0.25) is 5.91 Å². The molecule has 5 rings (SSSR count). The zero-order valence-electron chi connectivity index (χ0n) is 10.6. The molecule has 0 unspecified atom stereocenters. The number of amides is 1. The summed E-state index contributed by atoms with van der Waals surface area (Å²) in [6.45, 7) is 0.992. The number of rotatable bonds is 3. The van der Waals surface area contributed by atoms with Crippen molar-refractivity contribution in [3.8, 4) is 0 Å². The Morgan fingerprint density at radius 2 is 1.53 bits per heavy atom. The van der Waals surface area contributed by atoms with E-state index in [0.717, 1.165) is 37.1 Å². The van der Waals surface area contributed by atoms with Crippen LogP contribution in [-0.2, 0) is 4.79 Å². The molecule has 0 aromatic heterocycles. The largest absolute Gasteiger partial charge is 0.355 e. The number of hydrogen-bond donors (Lipinski definition) is 1. The SMILES string of the molecule is O=C(NCC12CC3CC(CC(C3)C1)C2)C1CC1. The molecule has 1 N–H and O–H groups in total. The first kappa shape index (κ1) is 10.4. The van der Waals surface area contributed by atoms with Gasteiger partial charge in [0.05, 0.1) is 0 Å². The van der Waals surface area contributed by atoms with E-state index in [9.17, 15) is 4.79 Å². The normalized spacial score (nSPS) is 47.2. The molecule has 0 aliphatic heterocycles. The van der Waals surface area contributed by atoms with Crippen molar-refractivity contribution in [3.63, 3.8) is 0 Å². The molecule has 17 heavy (non-hydrogen) atoms. The van der Waals surface area contributed by atoms with Gasteiger partial charge in [-0.25, -0.2) is 0 Å². The van der Waals surface area contributed by atoms with Crippen LogP contribution < -0.4 is 5.32 Å². The lowest BCUT2D eigenvalue weighted by molar-refractivity contribution is -0.124. The van der Waals surface area contributed by atoms with Crippen molar-refractivity contribution in [2.75, 3.05) is 6.54 Å². The number of carbonyl (C=O) groups excluding carboxylic acids is 1. The number of hydrogen-bond acceptors (Lipinski definition) is 1. The lowest BCUT2D eigenvalue weighted by atomic mass is 9.49. The van der Waals surface area contributed by atoms with Crippen LogP contribution >= 0.6 is 0 Å². The summed E-state index contributed by atoms with van der Waals surface area (Å²) in [7, 11) is 0. The summed E-state index contributed by atoms with van der Waals surface area (Å²) in [6, 6.07) is 0. The lowest BCUT2D eigenvalue weighted by Crippen LogP contribution is -2.51. The maximum Gasteiger partial charge on any atom is 0.223 e. The zero-order chi connectivity index (χ0) is 11.5. The second kappa shape index (κ2) is 3.49. The molecule has 2 heteroatoms. The van der Waals surface area contributed by atoms with E-state index in [1.54, 1.807) is 0 Å². The Morgan fingerprint density at radius 3 is 2.00 bits per heavy atom. The molecule has 0 aromatic rings. The highest BCUT2D eigenvalue weighted by Gasteiger charge is 2.50. The molecule has 5 saturated carbocycles. The smallest absolute Gasteiger partial charge is 0.223 e. The molecule has 94 valence electrons. The first-order valence-corrected chi connectivity index (χ1v) is 7.50. The maximum absolute atomic E-state index is 11.8. The van der Waals surface area contributed by atoms with E-state index in [2.05, 4.69) is 5.32 Å². The molecule has 5 aliphatic rings. The Balaban J connectivity index is 1.43. The molecule has 0 aromatic carbocycles. The molecule has 0 saturated heterocycles. The first-order chi connectivity index (χ1) is 8.22. The fourth-order valence-electron chi connectivity index (χ4n) is 5.27. The van der Waals surface area contributed by atoms with Crippen molar-refractivity contribution in [2.45, 2.75) is 51.4 Å². The topological polar surface area (TPSA) is 29.1 Å². The third-order valence-electron chi connectivity index (χ3n) is 5.75. The fraction of sp³-hybridized carbons (Fsp3) is 0.933. The summed E-state index contributed by atoms with van der Waals surface area (Å²) >= 11 is 0. The zero-order valence-corrected chi connectivity index (χ0v) is 10.6. The summed E-state index contributed by atoms with van der Waals surface area (Å²) in [4.78, 5) is 11.8. The van der Waals surface area contributed by atoms with E-state index >= 15 is 0 Å². The third-order valence-corrected chi connectivity index (χ3v) is 5.75. The molecule has 0 heterocycles. The van der Waals surface area contributed by atoms with E-state index < -0.39 is 0 Å². The minimum absolute atomic E-state index is 0.348. The highest BCUT2D eigenvalue weighted by Crippen LogP contribution is 2.59. The van der Waals surface area contributed by atoms with Crippen molar-refractivity contribution in [1.82, 2.24) is 5.32 Å². The highest BCUT2D eigenvalue weighted by atomic mass is 16.2. The predicted molar refractivity (Wildman–Crippen MR) is 66.3 cm³/mol. The second-order valence-corrected chi connectivity index (χ2v) is 7.41. The lowest BCUT2D eigenvalue weighted by Gasteiger charge is -2.56. The summed E-state index contributed by atoms with van der Waals surface area (Å²) in [5.41, 5.74) is 0.513. The maximum atomic E-state index is 11.8. The third kappa shape index (κ3) is 1.80. The van der Waals surface area contributed by atoms with Gasteiger partial charge in [-0.2, -0.15) is 0 Å². The molecule has 5 fully saturated rings. The molecular weight excluding hydrogens is 210 g/mol. The van der Waals surface area contributed by atoms with Crippen molar-refractivity contribution >= 4 is 5.91 Å². The van der Waals surface area contributed by atoms with Gasteiger partial charge >= 0.3 is 0 Å². The molecule has 4 bridgehead atoms. The molecule has 1 amide bonds. The van der Waals surface area contributed by atoms with Crippen LogP contribution in [0.4, 0.5) is 0 Å². The summed E-state index contributed by atoms with van der Waals surface area (Å²) in [6.07, 6.45) is 11.0.